The van der Waals surface area contributed by atoms with Gasteiger partial charge in [0.15, 0.2) is 0 Å². The Balaban J connectivity index is 2.64. The van der Waals surface area contributed by atoms with E-state index in [0.29, 0.717) is 17.0 Å². The summed E-state index contributed by atoms with van der Waals surface area (Å²) in [5.41, 5.74) is 7.27. The van der Waals surface area contributed by atoms with Crippen LogP contribution in [0, 0.1) is 5.82 Å². The Labute approximate surface area is 75.3 Å². The molecule has 0 fully saturated rings. The zero-order valence-corrected chi connectivity index (χ0v) is 7.24. The van der Waals surface area contributed by atoms with Crippen LogP contribution in [0.25, 0.3) is 0 Å². The van der Waals surface area contributed by atoms with E-state index >= 15 is 0 Å². The highest BCUT2D eigenvalue weighted by atomic mass is 35.5. The second-order valence-electron chi connectivity index (χ2n) is 3.07. The Bertz CT molecular complexity index is 325. The van der Waals surface area contributed by atoms with Gasteiger partial charge in [0.1, 0.15) is 5.82 Å². The molecule has 0 saturated heterocycles. The van der Waals surface area contributed by atoms with E-state index < -0.39 is 0 Å². The summed E-state index contributed by atoms with van der Waals surface area (Å²) in [7, 11) is 0. The third-order valence-electron chi connectivity index (χ3n) is 2.32. The molecule has 1 atom stereocenters. The third-order valence-corrected chi connectivity index (χ3v) is 2.65. The van der Waals surface area contributed by atoms with Crippen molar-refractivity contribution >= 4 is 11.6 Å². The number of hydrogen-bond donors (Lipinski definition) is 1. The molecule has 64 valence electrons. The Hall–Kier alpha value is -0.600. The molecule has 2 rings (SSSR count). The van der Waals surface area contributed by atoms with Gasteiger partial charge in [0.25, 0.3) is 0 Å². The van der Waals surface area contributed by atoms with Crippen LogP contribution < -0.4 is 5.73 Å². The van der Waals surface area contributed by atoms with Gasteiger partial charge in [0, 0.05) is 11.1 Å². The second kappa shape index (κ2) is 2.71. The lowest BCUT2D eigenvalue weighted by molar-refractivity contribution is 0.612. The first-order valence-corrected chi connectivity index (χ1v) is 4.30. The quantitative estimate of drug-likeness (QED) is 0.660. The van der Waals surface area contributed by atoms with E-state index in [2.05, 4.69) is 0 Å². The first-order chi connectivity index (χ1) is 5.70. The molecule has 0 bridgehead atoms. The molecule has 1 aromatic carbocycles. The maximum absolute atomic E-state index is 13.1. The van der Waals surface area contributed by atoms with E-state index in [1.54, 1.807) is 6.07 Å². The van der Waals surface area contributed by atoms with Crippen molar-refractivity contribution in [3.63, 3.8) is 0 Å². The Kier molecular flexibility index (Phi) is 1.81. The third kappa shape index (κ3) is 1.03. The highest BCUT2D eigenvalue weighted by molar-refractivity contribution is 6.31. The summed E-state index contributed by atoms with van der Waals surface area (Å²) >= 11 is 5.89. The van der Waals surface area contributed by atoms with Gasteiger partial charge in [-0.25, -0.2) is 4.39 Å². The minimum Gasteiger partial charge on any atom is -0.324 e. The van der Waals surface area contributed by atoms with Crippen LogP contribution in [0.3, 0.4) is 0 Å². The van der Waals surface area contributed by atoms with E-state index in [4.69, 9.17) is 17.3 Å². The number of halogens is 2. The predicted octanol–water partition coefficient (Wildman–Crippen LogP) is 2.43. The molecule has 3 heteroatoms. The van der Waals surface area contributed by atoms with Crippen LogP contribution in [0.2, 0.25) is 5.02 Å². The summed E-state index contributed by atoms with van der Waals surface area (Å²) in [6.07, 6.45) is 1.51. The summed E-state index contributed by atoms with van der Waals surface area (Å²) < 4.78 is 13.1. The van der Waals surface area contributed by atoms with Gasteiger partial charge in [-0.05, 0) is 36.1 Å². The Morgan fingerprint density at radius 1 is 1.50 bits per heavy atom. The molecule has 1 aromatic rings. The van der Waals surface area contributed by atoms with Crippen LogP contribution >= 0.6 is 11.6 Å². The topological polar surface area (TPSA) is 26.0 Å². The maximum atomic E-state index is 13.1. The molecule has 2 N–H and O–H groups in total. The standard InChI is InChI=1S/C9H9ClFN/c10-6-2-3-7(11)5-1-4-8(12)9(5)6/h2-3,8H,1,4,12H2/t8-/m0/s1. The van der Waals surface area contributed by atoms with Crippen LogP contribution in [0.5, 0.6) is 0 Å². The van der Waals surface area contributed by atoms with Crippen LogP contribution in [0.15, 0.2) is 12.1 Å². The summed E-state index contributed by atoms with van der Waals surface area (Å²) in [4.78, 5) is 0. The molecule has 1 nitrogen and oxygen atoms in total. The molecule has 0 unspecified atom stereocenters. The van der Waals surface area contributed by atoms with Gasteiger partial charge in [-0.15, -0.1) is 0 Å². The minimum atomic E-state index is -0.178. The molecule has 0 aromatic heterocycles. The van der Waals surface area contributed by atoms with E-state index in [1.807, 2.05) is 0 Å². The number of rotatable bonds is 0. The largest absolute Gasteiger partial charge is 0.324 e. The SMILES string of the molecule is N[C@H]1CCc2c(F)ccc(Cl)c21. The van der Waals surface area contributed by atoms with Crippen molar-refractivity contribution in [1.29, 1.82) is 0 Å². The predicted molar refractivity (Wildman–Crippen MR) is 46.7 cm³/mol. The molecule has 0 saturated carbocycles. The average molecular weight is 186 g/mol. The van der Waals surface area contributed by atoms with Crippen molar-refractivity contribution in [3.05, 3.63) is 34.1 Å². The number of hydrogen-bond acceptors (Lipinski definition) is 1. The molecule has 0 amide bonds. The molecule has 1 aliphatic carbocycles. The fourth-order valence-corrected chi connectivity index (χ4v) is 2.03. The van der Waals surface area contributed by atoms with Crippen molar-refractivity contribution in [3.8, 4) is 0 Å². The molecule has 1 aliphatic rings. The molecule has 12 heavy (non-hydrogen) atoms. The summed E-state index contributed by atoms with van der Waals surface area (Å²) in [5, 5.41) is 0.594. The highest BCUT2D eigenvalue weighted by Crippen LogP contribution is 2.36. The molecule has 0 spiro atoms. The molecular formula is C9H9ClFN. The van der Waals surface area contributed by atoms with E-state index in [0.717, 1.165) is 12.0 Å². The smallest absolute Gasteiger partial charge is 0.126 e. The van der Waals surface area contributed by atoms with Gasteiger partial charge in [-0.3, -0.25) is 0 Å². The van der Waals surface area contributed by atoms with Crippen molar-refractivity contribution in [1.82, 2.24) is 0 Å². The Morgan fingerprint density at radius 2 is 2.25 bits per heavy atom. The van der Waals surface area contributed by atoms with Crippen molar-refractivity contribution < 1.29 is 4.39 Å². The first kappa shape index (κ1) is 8.02. The van der Waals surface area contributed by atoms with Gasteiger partial charge >= 0.3 is 0 Å². The lowest BCUT2D eigenvalue weighted by Gasteiger charge is -2.06. The molecule has 0 aliphatic heterocycles. The minimum absolute atomic E-state index is 0.0804. The first-order valence-electron chi connectivity index (χ1n) is 3.92. The van der Waals surface area contributed by atoms with E-state index in [9.17, 15) is 4.39 Å². The highest BCUT2D eigenvalue weighted by Gasteiger charge is 2.24. The van der Waals surface area contributed by atoms with E-state index in [-0.39, 0.29) is 11.9 Å². The fraction of sp³-hybridized carbons (Fsp3) is 0.333. The monoisotopic (exact) mass is 185 g/mol. The summed E-state index contributed by atoms with van der Waals surface area (Å²) in [6.45, 7) is 0. The fourth-order valence-electron chi connectivity index (χ4n) is 1.71. The normalized spacial score (nSPS) is 21.1. The summed E-state index contributed by atoms with van der Waals surface area (Å²) in [6, 6.07) is 2.89. The van der Waals surface area contributed by atoms with E-state index in [1.165, 1.54) is 6.07 Å². The van der Waals surface area contributed by atoms with Gasteiger partial charge in [0.2, 0.25) is 0 Å². The molecular weight excluding hydrogens is 177 g/mol. The van der Waals surface area contributed by atoms with Crippen LogP contribution in [0.1, 0.15) is 23.6 Å². The van der Waals surface area contributed by atoms with Gasteiger partial charge in [-0.2, -0.15) is 0 Å². The molecule has 0 heterocycles. The maximum Gasteiger partial charge on any atom is 0.126 e. The number of nitrogens with two attached hydrogens (primary N) is 1. The van der Waals surface area contributed by atoms with Gasteiger partial charge in [-0.1, -0.05) is 11.6 Å². The zero-order valence-electron chi connectivity index (χ0n) is 6.48. The van der Waals surface area contributed by atoms with Crippen LogP contribution in [0.4, 0.5) is 4.39 Å². The lowest BCUT2D eigenvalue weighted by Crippen LogP contribution is -2.06. The summed E-state index contributed by atoms with van der Waals surface area (Å²) in [5.74, 6) is -0.178. The van der Waals surface area contributed by atoms with Gasteiger partial charge < -0.3 is 5.73 Å². The van der Waals surface area contributed by atoms with Crippen LogP contribution in [-0.2, 0) is 6.42 Å². The number of fused-ring (bicyclic) bond motifs is 1. The lowest BCUT2D eigenvalue weighted by atomic mass is 10.1. The zero-order chi connectivity index (χ0) is 8.72. The number of benzene rings is 1. The van der Waals surface area contributed by atoms with Crippen LogP contribution in [-0.4, -0.2) is 0 Å². The van der Waals surface area contributed by atoms with Crippen molar-refractivity contribution in [2.24, 2.45) is 5.73 Å². The average Bonchev–Trinajstić information content (AvgIpc) is 2.42. The molecule has 0 radical (unpaired) electrons. The second-order valence-corrected chi connectivity index (χ2v) is 3.47. The van der Waals surface area contributed by atoms with Crippen molar-refractivity contribution in [2.75, 3.05) is 0 Å². The van der Waals surface area contributed by atoms with Crippen molar-refractivity contribution in [2.45, 2.75) is 18.9 Å². The Morgan fingerprint density at radius 3 is 2.92 bits per heavy atom. The van der Waals surface area contributed by atoms with Gasteiger partial charge in [0.05, 0.1) is 0 Å².